The maximum absolute atomic E-state index is 13.4. The molecule has 0 fully saturated rings. The summed E-state index contributed by atoms with van der Waals surface area (Å²) in [6.07, 6.45) is 0. The molecule has 24 heavy (non-hydrogen) atoms. The van der Waals surface area contributed by atoms with Gasteiger partial charge in [0.25, 0.3) is 0 Å². The van der Waals surface area contributed by atoms with Crippen LogP contribution in [0, 0.1) is 27.7 Å². The molecule has 1 atom stereocenters. The van der Waals surface area contributed by atoms with Crippen LogP contribution in [-0.4, -0.2) is 36.6 Å². The standard InChI is InChI=1S/C15H17F2NO6/c1-3-23-14(19)13(15(20)24-4-2)12(8-18(21)22)9-5-10(16)7-11(17)6-9/h5-7,12-13H,3-4,8H2,1-2H3/t12-/m1/s1. The first-order valence-electron chi connectivity index (χ1n) is 7.21. The van der Waals surface area contributed by atoms with Gasteiger partial charge in [0.15, 0.2) is 5.92 Å². The third kappa shape index (κ3) is 5.25. The fourth-order valence-electron chi connectivity index (χ4n) is 2.24. The second-order valence-electron chi connectivity index (χ2n) is 4.81. The van der Waals surface area contributed by atoms with Gasteiger partial charge in [-0.25, -0.2) is 8.78 Å². The van der Waals surface area contributed by atoms with Gasteiger partial charge >= 0.3 is 11.9 Å². The van der Waals surface area contributed by atoms with Crippen molar-refractivity contribution >= 4 is 11.9 Å². The first kappa shape index (κ1) is 19.5. The normalized spacial score (nSPS) is 11.9. The van der Waals surface area contributed by atoms with Crippen LogP contribution in [0.2, 0.25) is 0 Å². The van der Waals surface area contributed by atoms with Crippen molar-refractivity contribution in [3.63, 3.8) is 0 Å². The Kier molecular flexibility index (Phi) is 7.22. The smallest absolute Gasteiger partial charge is 0.321 e. The summed E-state index contributed by atoms with van der Waals surface area (Å²) < 4.78 is 36.4. The molecule has 7 nitrogen and oxygen atoms in total. The van der Waals surface area contributed by atoms with Crippen LogP contribution in [0.3, 0.4) is 0 Å². The van der Waals surface area contributed by atoms with E-state index in [9.17, 15) is 28.5 Å². The summed E-state index contributed by atoms with van der Waals surface area (Å²) in [5, 5.41) is 10.9. The van der Waals surface area contributed by atoms with E-state index in [1.165, 1.54) is 13.8 Å². The molecule has 0 unspecified atom stereocenters. The van der Waals surface area contributed by atoms with Crippen LogP contribution in [0.4, 0.5) is 8.78 Å². The highest BCUT2D eigenvalue weighted by Gasteiger charge is 2.41. The highest BCUT2D eigenvalue weighted by Crippen LogP contribution is 2.29. The SMILES string of the molecule is CCOC(=O)C(C(=O)OCC)[C@H](C[N+](=O)[O-])c1cc(F)cc(F)c1. The second-order valence-corrected chi connectivity index (χ2v) is 4.81. The van der Waals surface area contributed by atoms with Crippen LogP contribution in [-0.2, 0) is 19.1 Å². The Balaban J connectivity index is 3.36. The minimum absolute atomic E-state index is 0.0720. The van der Waals surface area contributed by atoms with Crippen LogP contribution in [0.25, 0.3) is 0 Å². The monoisotopic (exact) mass is 345 g/mol. The molecule has 1 aromatic carbocycles. The van der Waals surface area contributed by atoms with E-state index in [0.717, 1.165) is 12.1 Å². The van der Waals surface area contributed by atoms with Crippen molar-refractivity contribution in [3.8, 4) is 0 Å². The van der Waals surface area contributed by atoms with E-state index in [2.05, 4.69) is 0 Å². The number of carbonyl (C=O) groups excluding carboxylic acids is 2. The zero-order valence-electron chi connectivity index (χ0n) is 13.2. The zero-order valence-corrected chi connectivity index (χ0v) is 13.2. The van der Waals surface area contributed by atoms with Crippen LogP contribution in [0.15, 0.2) is 18.2 Å². The third-order valence-corrected chi connectivity index (χ3v) is 3.14. The highest BCUT2D eigenvalue weighted by molar-refractivity contribution is 5.96. The van der Waals surface area contributed by atoms with Gasteiger partial charge in [0.2, 0.25) is 6.54 Å². The largest absolute Gasteiger partial charge is 0.465 e. The van der Waals surface area contributed by atoms with Crippen molar-refractivity contribution in [1.29, 1.82) is 0 Å². The number of ether oxygens (including phenoxy) is 2. The van der Waals surface area contributed by atoms with Crippen LogP contribution >= 0.6 is 0 Å². The summed E-state index contributed by atoms with van der Waals surface area (Å²) in [4.78, 5) is 34.3. The molecular formula is C15H17F2NO6. The summed E-state index contributed by atoms with van der Waals surface area (Å²) in [5.41, 5.74) is -0.199. The van der Waals surface area contributed by atoms with Gasteiger partial charge in [-0.05, 0) is 31.5 Å². The summed E-state index contributed by atoms with van der Waals surface area (Å²) in [7, 11) is 0. The zero-order chi connectivity index (χ0) is 18.3. The molecule has 0 aromatic heterocycles. The van der Waals surface area contributed by atoms with Crippen molar-refractivity contribution in [2.75, 3.05) is 19.8 Å². The number of nitro groups is 1. The average Bonchev–Trinajstić information content (AvgIpc) is 2.45. The summed E-state index contributed by atoms with van der Waals surface area (Å²) in [5.74, 6) is -7.19. The van der Waals surface area contributed by atoms with Gasteiger partial charge in [0.05, 0.1) is 19.1 Å². The van der Waals surface area contributed by atoms with Gasteiger partial charge in [-0.2, -0.15) is 0 Å². The number of carbonyl (C=O) groups is 2. The third-order valence-electron chi connectivity index (χ3n) is 3.14. The van der Waals surface area contributed by atoms with E-state index in [0.29, 0.717) is 6.07 Å². The number of esters is 2. The van der Waals surface area contributed by atoms with E-state index in [4.69, 9.17) is 9.47 Å². The molecular weight excluding hydrogens is 328 g/mol. The van der Waals surface area contributed by atoms with E-state index < -0.39 is 46.9 Å². The maximum Gasteiger partial charge on any atom is 0.321 e. The highest BCUT2D eigenvalue weighted by atomic mass is 19.1. The van der Waals surface area contributed by atoms with Crippen molar-refractivity contribution in [2.24, 2.45) is 5.92 Å². The lowest BCUT2D eigenvalue weighted by Crippen LogP contribution is -2.36. The van der Waals surface area contributed by atoms with Gasteiger partial charge in [0, 0.05) is 11.0 Å². The Hall–Kier alpha value is -2.58. The van der Waals surface area contributed by atoms with Gasteiger partial charge in [-0.1, -0.05) is 0 Å². The predicted octanol–water partition coefficient (Wildman–Crippen LogP) is 2.07. The molecule has 0 amide bonds. The summed E-state index contributed by atoms with van der Waals surface area (Å²) >= 11 is 0. The minimum atomic E-state index is -1.70. The van der Waals surface area contributed by atoms with Crippen LogP contribution in [0.5, 0.6) is 0 Å². The van der Waals surface area contributed by atoms with Gasteiger partial charge in [0.1, 0.15) is 11.6 Å². The molecule has 1 aromatic rings. The van der Waals surface area contributed by atoms with E-state index in [1.807, 2.05) is 0 Å². The molecule has 0 bridgehead atoms. The molecule has 0 spiro atoms. The predicted molar refractivity (Wildman–Crippen MR) is 77.7 cm³/mol. The lowest BCUT2D eigenvalue weighted by atomic mass is 9.85. The molecule has 0 saturated heterocycles. The van der Waals surface area contributed by atoms with Gasteiger partial charge in [-0.3, -0.25) is 19.7 Å². The Morgan fingerprint density at radius 3 is 1.92 bits per heavy atom. The van der Waals surface area contributed by atoms with Crippen molar-refractivity contribution < 1.29 is 32.8 Å². The van der Waals surface area contributed by atoms with Crippen molar-refractivity contribution in [3.05, 3.63) is 45.5 Å². The fraction of sp³-hybridized carbons (Fsp3) is 0.467. The van der Waals surface area contributed by atoms with Crippen molar-refractivity contribution in [1.82, 2.24) is 0 Å². The number of nitrogens with zero attached hydrogens (tertiary/aromatic N) is 1. The molecule has 0 aliphatic heterocycles. The lowest BCUT2D eigenvalue weighted by molar-refractivity contribution is -0.484. The quantitative estimate of drug-likeness (QED) is 0.310. The lowest BCUT2D eigenvalue weighted by Gasteiger charge is -2.21. The summed E-state index contributed by atoms with van der Waals surface area (Å²) in [6.45, 7) is 1.94. The Bertz CT molecular complexity index is 584. The molecule has 1 rings (SSSR count). The first-order chi connectivity index (χ1) is 11.3. The molecule has 0 radical (unpaired) electrons. The molecule has 0 saturated carbocycles. The average molecular weight is 345 g/mol. The molecule has 9 heteroatoms. The number of benzene rings is 1. The van der Waals surface area contributed by atoms with Gasteiger partial charge < -0.3 is 9.47 Å². The topological polar surface area (TPSA) is 95.7 Å². The Labute approximate surface area is 136 Å². The molecule has 0 aliphatic rings. The van der Waals surface area contributed by atoms with E-state index in [-0.39, 0.29) is 18.8 Å². The second kappa shape index (κ2) is 8.90. The molecule has 132 valence electrons. The van der Waals surface area contributed by atoms with E-state index in [1.54, 1.807) is 0 Å². The number of halogens is 2. The Morgan fingerprint density at radius 1 is 1.08 bits per heavy atom. The summed E-state index contributed by atoms with van der Waals surface area (Å²) in [6, 6.07) is 2.25. The number of rotatable bonds is 8. The molecule has 0 heterocycles. The van der Waals surface area contributed by atoms with Crippen LogP contribution < -0.4 is 0 Å². The van der Waals surface area contributed by atoms with Gasteiger partial charge in [-0.15, -0.1) is 0 Å². The number of hydrogen-bond donors (Lipinski definition) is 0. The number of hydrogen-bond acceptors (Lipinski definition) is 6. The first-order valence-corrected chi connectivity index (χ1v) is 7.21. The van der Waals surface area contributed by atoms with Crippen LogP contribution in [0.1, 0.15) is 25.3 Å². The molecule has 0 aliphatic carbocycles. The fourth-order valence-corrected chi connectivity index (χ4v) is 2.24. The Morgan fingerprint density at radius 2 is 1.54 bits per heavy atom. The molecule has 0 N–H and O–H groups in total. The van der Waals surface area contributed by atoms with Crippen molar-refractivity contribution in [2.45, 2.75) is 19.8 Å². The van der Waals surface area contributed by atoms with E-state index >= 15 is 0 Å². The minimum Gasteiger partial charge on any atom is -0.465 e. The maximum atomic E-state index is 13.4.